The number of rotatable bonds is 9. The predicted octanol–water partition coefficient (Wildman–Crippen LogP) is 5.88. The molecule has 0 aliphatic rings. The highest BCUT2D eigenvalue weighted by Gasteiger charge is 2.17. The third kappa shape index (κ3) is 6.63. The van der Waals surface area contributed by atoms with E-state index in [1.54, 1.807) is 30.5 Å². The summed E-state index contributed by atoms with van der Waals surface area (Å²) in [7, 11) is 0. The van der Waals surface area contributed by atoms with E-state index < -0.39 is 0 Å². The maximum absolute atomic E-state index is 12.4. The van der Waals surface area contributed by atoms with Crippen LogP contribution >= 0.6 is 35.0 Å². The number of hydrogen-bond donors (Lipinski definition) is 1. The Morgan fingerprint density at radius 2 is 1.66 bits per heavy atom. The van der Waals surface area contributed by atoms with Crippen LogP contribution in [0.1, 0.15) is 12.5 Å². The SMILES string of the molecule is CCOc1ccc(C=NNC(=O)CSc2nnc(-c3ccc(Cl)cc3)n2-c2ccc(Cl)cc2)cc1. The van der Waals surface area contributed by atoms with E-state index in [1.165, 1.54) is 11.8 Å². The molecule has 0 unspecified atom stereocenters. The number of carbonyl (C=O) groups excluding carboxylic acids is 1. The number of hydrogen-bond acceptors (Lipinski definition) is 6. The van der Waals surface area contributed by atoms with Crippen molar-refractivity contribution >= 4 is 47.1 Å². The number of nitrogens with one attached hydrogen (secondary N) is 1. The second-order valence-electron chi connectivity index (χ2n) is 7.21. The van der Waals surface area contributed by atoms with Gasteiger partial charge in [-0.05, 0) is 85.3 Å². The Hall–Kier alpha value is -3.33. The number of benzene rings is 3. The highest BCUT2D eigenvalue weighted by atomic mass is 35.5. The fourth-order valence-corrected chi connectivity index (χ4v) is 4.13. The number of nitrogens with zero attached hydrogens (tertiary/aromatic N) is 4. The summed E-state index contributed by atoms with van der Waals surface area (Å²) in [5, 5.41) is 14.5. The minimum absolute atomic E-state index is 0.104. The monoisotopic (exact) mass is 525 g/mol. The second-order valence-corrected chi connectivity index (χ2v) is 9.02. The summed E-state index contributed by atoms with van der Waals surface area (Å²) in [6.45, 7) is 2.54. The first-order chi connectivity index (χ1) is 17.0. The number of aromatic nitrogens is 3. The maximum atomic E-state index is 12.4. The van der Waals surface area contributed by atoms with Gasteiger partial charge in [-0.25, -0.2) is 5.43 Å². The molecule has 1 aromatic heterocycles. The summed E-state index contributed by atoms with van der Waals surface area (Å²) in [5.74, 6) is 1.25. The van der Waals surface area contributed by atoms with Crippen LogP contribution in [0.15, 0.2) is 83.1 Å². The Kier molecular flexibility index (Phi) is 8.41. The van der Waals surface area contributed by atoms with Crippen molar-refractivity contribution in [2.45, 2.75) is 12.1 Å². The molecular weight excluding hydrogens is 505 g/mol. The molecule has 1 N–H and O–H groups in total. The Balaban J connectivity index is 1.46. The summed E-state index contributed by atoms with van der Waals surface area (Å²) in [6.07, 6.45) is 1.58. The first-order valence-corrected chi connectivity index (χ1v) is 12.4. The van der Waals surface area contributed by atoms with Gasteiger partial charge in [-0.1, -0.05) is 35.0 Å². The van der Waals surface area contributed by atoms with Crippen LogP contribution in [0.4, 0.5) is 0 Å². The molecule has 178 valence electrons. The third-order valence-corrected chi connectivity index (χ3v) is 6.18. The van der Waals surface area contributed by atoms with Crippen molar-refractivity contribution in [3.05, 3.63) is 88.4 Å². The van der Waals surface area contributed by atoms with E-state index in [0.29, 0.717) is 27.6 Å². The van der Waals surface area contributed by atoms with Gasteiger partial charge in [-0.2, -0.15) is 5.10 Å². The normalized spacial score (nSPS) is 11.1. The van der Waals surface area contributed by atoms with Crippen molar-refractivity contribution in [2.75, 3.05) is 12.4 Å². The van der Waals surface area contributed by atoms with Crippen LogP contribution in [0.2, 0.25) is 10.0 Å². The molecule has 4 aromatic rings. The topological polar surface area (TPSA) is 81.4 Å². The standard InChI is InChI=1S/C25H21Cl2N5O2S/c1-2-34-22-13-3-17(4-14-22)15-28-29-23(33)16-35-25-31-30-24(18-5-7-19(26)8-6-18)32(25)21-11-9-20(27)10-12-21/h3-15H,2,16H2,1H3,(H,29,33). The summed E-state index contributed by atoms with van der Waals surface area (Å²) in [6, 6.07) is 22.1. The first-order valence-electron chi connectivity index (χ1n) is 10.7. The molecular formula is C25H21Cl2N5O2S. The molecule has 0 aliphatic heterocycles. The minimum Gasteiger partial charge on any atom is -0.494 e. The van der Waals surface area contributed by atoms with Gasteiger partial charge in [-0.15, -0.1) is 10.2 Å². The number of carbonyl (C=O) groups is 1. The van der Waals surface area contributed by atoms with E-state index in [1.807, 2.05) is 60.0 Å². The molecule has 1 heterocycles. The molecule has 4 rings (SSSR count). The predicted molar refractivity (Wildman–Crippen MR) is 141 cm³/mol. The molecule has 0 fully saturated rings. The number of thioether (sulfide) groups is 1. The molecule has 0 atom stereocenters. The fourth-order valence-electron chi connectivity index (χ4n) is 3.13. The molecule has 7 nitrogen and oxygen atoms in total. The average Bonchev–Trinajstić information content (AvgIpc) is 3.29. The van der Waals surface area contributed by atoms with Crippen LogP contribution in [0.25, 0.3) is 17.1 Å². The van der Waals surface area contributed by atoms with Gasteiger partial charge in [0.2, 0.25) is 0 Å². The van der Waals surface area contributed by atoms with E-state index in [9.17, 15) is 4.79 Å². The molecule has 1 amide bonds. The van der Waals surface area contributed by atoms with E-state index in [2.05, 4.69) is 20.7 Å². The smallest absolute Gasteiger partial charge is 0.250 e. The van der Waals surface area contributed by atoms with Gasteiger partial charge in [0.05, 0.1) is 18.6 Å². The molecule has 10 heteroatoms. The zero-order chi connectivity index (χ0) is 24.6. The van der Waals surface area contributed by atoms with Gasteiger partial charge in [0.1, 0.15) is 5.75 Å². The van der Waals surface area contributed by atoms with Crippen LogP contribution < -0.4 is 10.2 Å². The summed E-state index contributed by atoms with van der Waals surface area (Å²) in [4.78, 5) is 12.4. The Morgan fingerprint density at radius 3 is 2.31 bits per heavy atom. The minimum atomic E-state index is -0.268. The largest absolute Gasteiger partial charge is 0.494 e. The number of hydrazone groups is 1. The number of halogens is 2. The molecule has 35 heavy (non-hydrogen) atoms. The van der Waals surface area contributed by atoms with E-state index >= 15 is 0 Å². The van der Waals surface area contributed by atoms with Crippen molar-refractivity contribution in [3.8, 4) is 22.8 Å². The van der Waals surface area contributed by atoms with Crippen molar-refractivity contribution in [1.29, 1.82) is 0 Å². The first kappa shape index (κ1) is 24.8. The molecule has 0 aliphatic carbocycles. The Bertz CT molecular complexity index is 1310. The molecule has 0 bridgehead atoms. The van der Waals surface area contributed by atoms with E-state index in [4.69, 9.17) is 27.9 Å². The number of amides is 1. The van der Waals surface area contributed by atoms with E-state index in [0.717, 1.165) is 22.6 Å². The van der Waals surface area contributed by atoms with Crippen LogP contribution in [0.5, 0.6) is 5.75 Å². The maximum Gasteiger partial charge on any atom is 0.250 e. The molecule has 0 radical (unpaired) electrons. The van der Waals surface area contributed by atoms with Crippen molar-refractivity contribution < 1.29 is 9.53 Å². The highest BCUT2D eigenvalue weighted by molar-refractivity contribution is 7.99. The summed E-state index contributed by atoms with van der Waals surface area (Å²) < 4.78 is 7.29. The lowest BCUT2D eigenvalue weighted by Gasteiger charge is -2.10. The average molecular weight is 526 g/mol. The molecule has 0 spiro atoms. The van der Waals surface area contributed by atoms with Crippen LogP contribution in [0, 0.1) is 0 Å². The van der Waals surface area contributed by atoms with Gasteiger partial charge in [0, 0.05) is 21.3 Å². The zero-order valence-corrected chi connectivity index (χ0v) is 21.0. The quantitative estimate of drug-likeness (QED) is 0.167. The van der Waals surface area contributed by atoms with Crippen LogP contribution in [-0.4, -0.2) is 39.2 Å². The van der Waals surface area contributed by atoms with E-state index in [-0.39, 0.29) is 11.7 Å². The Morgan fingerprint density at radius 1 is 1.00 bits per heavy atom. The van der Waals surface area contributed by atoms with Crippen LogP contribution in [-0.2, 0) is 4.79 Å². The van der Waals surface area contributed by atoms with Crippen LogP contribution in [0.3, 0.4) is 0 Å². The van der Waals surface area contributed by atoms with Gasteiger partial charge >= 0.3 is 0 Å². The van der Waals surface area contributed by atoms with Gasteiger partial charge in [0.15, 0.2) is 11.0 Å². The van der Waals surface area contributed by atoms with Crippen molar-refractivity contribution in [2.24, 2.45) is 5.10 Å². The number of ether oxygens (including phenoxy) is 1. The van der Waals surface area contributed by atoms with Crippen molar-refractivity contribution in [1.82, 2.24) is 20.2 Å². The third-order valence-electron chi connectivity index (χ3n) is 4.75. The lowest BCUT2D eigenvalue weighted by molar-refractivity contribution is -0.118. The Labute approximate surface area is 217 Å². The second kappa shape index (κ2) is 11.9. The highest BCUT2D eigenvalue weighted by Crippen LogP contribution is 2.29. The summed E-state index contributed by atoms with van der Waals surface area (Å²) in [5.41, 5.74) is 5.05. The van der Waals surface area contributed by atoms with Gasteiger partial charge in [0.25, 0.3) is 5.91 Å². The van der Waals surface area contributed by atoms with Crippen molar-refractivity contribution in [3.63, 3.8) is 0 Å². The van der Waals surface area contributed by atoms with Gasteiger partial charge < -0.3 is 4.74 Å². The fraction of sp³-hybridized carbons (Fsp3) is 0.120. The molecule has 0 saturated heterocycles. The zero-order valence-electron chi connectivity index (χ0n) is 18.7. The molecule has 0 saturated carbocycles. The lowest BCUT2D eigenvalue weighted by atomic mass is 10.2. The summed E-state index contributed by atoms with van der Waals surface area (Å²) >= 11 is 13.4. The lowest BCUT2D eigenvalue weighted by Crippen LogP contribution is -2.20. The van der Waals surface area contributed by atoms with Gasteiger partial charge in [-0.3, -0.25) is 9.36 Å². The molecule has 3 aromatic carbocycles.